The number of carbonyl (C=O) groups is 2. The van der Waals surface area contributed by atoms with Crippen molar-refractivity contribution in [2.45, 2.75) is 415 Å². The van der Waals surface area contributed by atoms with E-state index in [4.69, 9.17) is 0 Å². The molecule has 2 aliphatic heterocycles. The summed E-state index contributed by atoms with van der Waals surface area (Å²) in [6, 6.07) is 33.2. The minimum absolute atomic E-state index is 0.0434. The molecule has 10 heterocycles. The molecule has 8 aromatic rings. The summed E-state index contributed by atoms with van der Waals surface area (Å²) in [7, 11) is 0. The van der Waals surface area contributed by atoms with E-state index in [-0.39, 0.29) is 22.6 Å². The highest BCUT2D eigenvalue weighted by atomic mass is 32.1. The van der Waals surface area contributed by atoms with Crippen molar-refractivity contribution < 1.29 is 9.59 Å². The van der Waals surface area contributed by atoms with E-state index in [1.807, 2.05) is 56.7 Å². The lowest BCUT2D eigenvalue weighted by Crippen LogP contribution is -2.34. The summed E-state index contributed by atoms with van der Waals surface area (Å²) >= 11 is 15.4. The summed E-state index contributed by atoms with van der Waals surface area (Å²) in [5, 5.41) is 0. The van der Waals surface area contributed by atoms with Crippen LogP contribution in [0.4, 0.5) is 0 Å². The molecule has 0 spiro atoms. The summed E-state index contributed by atoms with van der Waals surface area (Å²) in [5.74, 6) is 0.797. The quantitative estimate of drug-likeness (QED) is 0.0357. The topological polar surface area (TPSA) is 40.6 Å². The van der Waals surface area contributed by atoms with Gasteiger partial charge in [0.1, 0.15) is 0 Å². The summed E-state index contributed by atoms with van der Waals surface area (Å²) in [6.45, 7) is 29.2. The van der Waals surface area contributed by atoms with Gasteiger partial charge < -0.3 is 9.80 Å². The fourth-order valence-electron chi connectivity index (χ4n) is 17.9. The summed E-state index contributed by atoms with van der Waals surface area (Å²) in [6.07, 6.45) is 63.9. The third-order valence-electron chi connectivity index (χ3n) is 25.1. The van der Waals surface area contributed by atoms with E-state index in [0.717, 1.165) is 59.7 Å². The summed E-state index contributed by atoms with van der Waals surface area (Å²) in [4.78, 5) is 58.9. The van der Waals surface area contributed by atoms with Crippen molar-refractivity contribution in [3.63, 3.8) is 0 Å². The van der Waals surface area contributed by atoms with Crippen LogP contribution in [0.3, 0.4) is 0 Å². The van der Waals surface area contributed by atoms with Gasteiger partial charge in [-0.25, -0.2) is 0 Å². The Labute approximate surface area is 751 Å². The molecular formula is C106H156N2O2S8. The second-order valence-corrected chi connectivity index (χ2v) is 46.1. The molecule has 0 saturated heterocycles. The fraction of sp³-hybridized carbons (Fsp3) is 0.642. The predicted octanol–water partition coefficient (Wildman–Crippen LogP) is 37.7. The number of aryl methyl sites for hydroxylation is 2. The Hall–Kier alpha value is -3.98. The molecule has 0 N–H and O–H groups in total. The van der Waals surface area contributed by atoms with E-state index in [2.05, 4.69) is 189 Å². The first kappa shape index (κ1) is 96.2. The SMILES string of the molecule is CCCCCCCCCCCCC(CCCCCCCCCC)CN1C(=O)C2=C(c3ccc(-c4ccc(C(C)(C)C)s4)s3)N(CC(CCCCCCCCCC)CCCCCCCCCCCC)C(=O)C2=C1c1ccc(-c2ccc(-c3ccc(-c4cc(CCCCCC)c(-c5sc(-c6ccc(C(C)(C)C)s6)cc5CCCCCC)s4)s3)s2)s1. The zero-order chi connectivity index (χ0) is 83.5. The molecular weight excluding hydrogens is 1590 g/mol. The zero-order valence-electron chi connectivity index (χ0n) is 76.0. The summed E-state index contributed by atoms with van der Waals surface area (Å²) < 4.78 is 0. The smallest absolute Gasteiger partial charge is 0.261 e. The lowest BCUT2D eigenvalue weighted by molar-refractivity contribution is -0.124. The number of thiophene rings is 8. The van der Waals surface area contributed by atoms with Crippen LogP contribution in [0, 0.1) is 11.8 Å². The van der Waals surface area contributed by atoms with Crippen LogP contribution in [0.15, 0.2) is 96.1 Å². The predicted molar refractivity (Wildman–Crippen MR) is 533 cm³/mol. The van der Waals surface area contributed by atoms with Crippen LogP contribution in [0.25, 0.3) is 69.9 Å². The van der Waals surface area contributed by atoms with Crippen LogP contribution in [0.1, 0.15) is 422 Å². The van der Waals surface area contributed by atoms with Crippen molar-refractivity contribution in [3.8, 4) is 58.5 Å². The van der Waals surface area contributed by atoms with Gasteiger partial charge in [0.05, 0.1) is 32.3 Å². The maximum Gasteiger partial charge on any atom is 0.261 e. The van der Waals surface area contributed by atoms with Crippen molar-refractivity contribution in [1.82, 2.24) is 9.80 Å². The molecule has 2 amide bonds. The Balaban J connectivity index is 1.01. The van der Waals surface area contributed by atoms with Crippen LogP contribution in [0.5, 0.6) is 0 Å². The van der Waals surface area contributed by atoms with E-state index < -0.39 is 0 Å². The van der Waals surface area contributed by atoms with Gasteiger partial charge in [-0.15, -0.1) is 90.7 Å². The number of nitrogens with zero attached hydrogens (tertiary/aromatic N) is 2. The summed E-state index contributed by atoms with van der Waals surface area (Å²) in [5.41, 5.74) is 6.36. The van der Waals surface area contributed by atoms with Gasteiger partial charge in [0.25, 0.3) is 11.8 Å². The standard InChI is InChI=1S/C106H156N2O2S8/c1-13-19-25-31-35-39-41-45-49-53-59-79(57-51-47-43-37-33-27-21-15-3)77-107-99(97-98(104(107)110)100(92-70-68-87(114-92)88-71-73-95(115-88)105(7,8)9)108(103(97)109)78-80(58-52-48-44-38-34-28-22-16-4)60-54-50-46-42-40-36-32-26-20-14-2)91-69-67-86(113-91)85-64-63-83(111-85)84-65-66-89(112-84)93-75-81(61-55-29-23-17-5)101(117-93)102-82(62-56-30-24-18-6)76-94(118-102)90-72-74-96(116-90)106(10,11)12/h63-76,79-80H,13-62,77-78H2,1-12H3. The molecule has 0 aliphatic carbocycles. The lowest BCUT2D eigenvalue weighted by Gasteiger charge is -2.29. The third-order valence-corrected chi connectivity index (χ3v) is 36.0. The molecule has 118 heavy (non-hydrogen) atoms. The largest absolute Gasteiger partial charge is 0.306 e. The number of unbranched alkanes of at least 4 members (excludes halogenated alkanes) is 38. The molecule has 0 aromatic carbocycles. The Bertz CT molecular complexity index is 4250. The van der Waals surface area contributed by atoms with Gasteiger partial charge >= 0.3 is 0 Å². The van der Waals surface area contributed by atoms with Gasteiger partial charge in [-0.2, -0.15) is 0 Å². The number of fused-ring (bicyclic) bond motifs is 1. The van der Waals surface area contributed by atoms with Gasteiger partial charge in [0.15, 0.2) is 0 Å². The lowest BCUT2D eigenvalue weighted by atomic mass is 9.93. The van der Waals surface area contributed by atoms with Crippen LogP contribution in [-0.4, -0.2) is 34.7 Å². The number of amides is 2. The Morgan fingerprint density at radius 3 is 0.746 bits per heavy atom. The Morgan fingerprint density at radius 1 is 0.254 bits per heavy atom. The van der Waals surface area contributed by atoms with Crippen molar-refractivity contribution in [2.75, 3.05) is 13.1 Å². The highest BCUT2D eigenvalue weighted by molar-refractivity contribution is 7.31. The minimum Gasteiger partial charge on any atom is -0.306 e. The van der Waals surface area contributed by atoms with E-state index in [1.54, 1.807) is 28.2 Å². The third kappa shape index (κ3) is 29.0. The van der Waals surface area contributed by atoms with Crippen LogP contribution in [0.2, 0.25) is 0 Å². The maximum atomic E-state index is 16.7. The van der Waals surface area contributed by atoms with Crippen molar-refractivity contribution in [2.24, 2.45) is 11.8 Å². The van der Waals surface area contributed by atoms with E-state index in [1.165, 1.54) is 356 Å². The van der Waals surface area contributed by atoms with Crippen molar-refractivity contribution in [3.05, 3.63) is 127 Å². The van der Waals surface area contributed by atoms with E-state index >= 15 is 9.59 Å². The van der Waals surface area contributed by atoms with Gasteiger partial charge in [-0.1, -0.05) is 353 Å². The zero-order valence-corrected chi connectivity index (χ0v) is 82.5. The molecule has 10 rings (SSSR count). The minimum atomic E-state index is 0.0434. The second kappa shape index (κ2) is 51.5. The molecule has 2 atom stereocenters. The van der Waals surface area contributed by atoms with Gasteiger partial charge in [0.2, 0.25) is 0 Å². The van der Waals surface area contributed by atoms with E-state index in [0.29, 0.717) is 36.1 Å². The second-order valence-electron chi connectivity index (χ2n) is 37.5. The molecule has 4 nitrogen and oxygen atoms in total. The van der Waals surface area contributed by atoms with E-state index in [9.17, 15) is 0 Å². The Morgan fingerprint density at radius 2 is 0.475 bits per heavy atom. The molecule has 2 unspecified atom stereocenters. The fourth-order valence-corrected chi connectivity index (χ4v) is 27.2. The maximum absolute atomic E-state index is 16.7. The van der Waals surface area contributed by atoms with Gasteiger partial charge in [-0.05, 0) is 170 Å². The molecule has 0 bridgehead atoms. The first-order valence-corrected chi connectivity index (χ1v) is 55.0. The number of hydrogen-bond acceptors (Lipinski definition) is 10. The number of rotatable bonds is 62. The molecule has 0 radical (unpaired) electrons. The molecule has 8 aromatic heterocycles. The van der Waals surface area contributed by atoms with Crippen molar-refractivity contribution >= 4 is 114 Å². The van der Waals surface area contributed by atoms with Gasteiger partial charge in [-0.3, -0.25) is 9.59 Å². The number of carbonyl (C=O) groups excluding carboxylic acids is 2. The first-order chi connectivity index (χ1) is 57.5. The normalized spacial score (nSPS) is 14.0. The van der Waals surface area contributed by atoms with Crippen LogP contribution in [-0.2, 0) is 33.3 Å². The molecule has 12 heteroatoms. The highest BCUT2D eigenvalue weighted by Gasteiger charge is 2.50. The monoisotopic (exact) mass is 1740 g/mol. The average Bonchev–Trinajstić information content (AvgIpc) is 1.55. The Kier molecular flexibility index (Phi) is 42.0. The highest BCUT2D eigenvalue weighted by Crippen LogP contribution is 2.54. The molecule has 650 valence electrons. The van der Waals surface area contributed by atoms with Crippen LogP contribution < -0.4 is 0 Å². The average molecular weight is 1750 g/mol. The van der Waals surface area contributed by atoms with Gasteiger partial charge in [0, 0.05) is 81.4 Å². The van der Waals surface area contributed by atoms with Crippen LogP contribution >= 0.6 is 90.7 Å². The first-order valence-electron chi connectivity index (χ1n) is 48.5. The molecule has 2 aliphatic rings. The number of hydrogen-bond donors (Lipinski definition) is 0. The molecule has 0 saturated carbocycles. The van der Waals surface area contributed by atoms with Crippen molar-refractivity contribution in [1.29, 1.82) is 0 Å². The molecule has 0 fully saturated rings.